The van der Waals surface area contributed by atoms with Crippen LogP contribution in [0.4, 0.5) is 0 Å². The molecule has 3 saturated heterocycles. The van der Waals surface area contributed by atoms with E-state index in [4.69, 9.17) is 23.7 Å². The summed E-state index contributed by atoms with van der Waals surface area (Å²) in [6.07, 6.45) is -1.12. The second-order valence-electron chi connectivity index (χ2n) is 5.89. The summed E-state index contributed by atoms with van der Waals surface area (Å²) in [4.78, 5) is 0. The van der Waals surface area contributed by atoms with Crippen molar-refractivity contribution in [3.8, 4) is 0 Å². The van der Waals surface area contributed by atoms with E-state index in [-0.39, 0.29) is 24.4 Å². The summed E-state index contributed by atoms with van der Waals surface area (Å²) in [5, 5.41) is 0. The van der Waals surface area contributed by atoms with E-state index < -0.39 is 17.9 Å². The van der Waals surface area contributed by atoms with Gasteiger partial charge in [-0.05, 0) is 27.7 Å². The number of hydrogen-bond acceptors (Lipinski definition) is 6. The summed E-state index contributed by atoms with van der Waals surface area (Å²) in [5.41, 5.74) is 0. The molecule has 18 heavy (non-hydrogen) atoms. The largest absolute Gasteiger partial charge is 0.343 e. The second-order valence-corrected chi connectivity index (χ2v) is 6.26. The van der Waals surface area contributed by atoms with Crippen LogP contribution in [-0.4, -0.2) is 48.0 Å². The fraction of sp³-hybridized carbons (Fsp3) is 1.00. The lowest BCUT2D eigenvalue weighted by molar-refractivity contribution is -0.228. The first-order chi connectivity index (χ1) is 8.31. The Morgan fingerprint density at radius 2 is 1.39 bits per heavy atom. The molecule has 0 aromatic heterocycles. The molecule has 0 N–H and O–H groups in total. The summed E-state index contributed by atoms with van der Waals surface area (Å²) in [6.45, 7) is 7.55. The Morgan fingerprint density at radius 1 is 0.833 bits per heavy atom. The van der Waals surface area contributed by atoms with Crippen LogP contribution in [0.5, 0.6) is 0 Å². The Kier molecular flexibility index (Phi) is 2.97. The van der Waals surface area contributed by atoms with E-state index in [0.29, 0.717) is 5.75 Å². The molecule has 0 radical (unpaired) electrons. The van der Waals surface area contributed by atoms with Gasteiger partial charge in [-0.2, -0.15) is 12.6 Å². The van der Waals surface area contributed by atoms with Gasteiger partial charge in [0.1, 0.15) is 18.3 Å². The summed E-state index contributed by atoms with van der Waals surface area (Å²) in [5.74, 6) is -0.708. The highest BCUT2D eigenvalue weighted by Crippen LogP contribution is 2.44. The smallest absolute Gasteiger partial charge is 0.190 e. The van der Waals surface area contributed by atoms with Crippen LogP contribution < -0.4 is 0 Å². The number of fused-ring (bicyclic) bond motifs is 3. The van der Waals surface area contributed by atoms with Gasteiger partial charge in [-0.15, -0.1) is 0 Å². The minimum absolute atomic E-state index is 0.140. The van der Waals surface area contributed by atoms with Crippen LogP contribution in [0.2, 0.25) is 0 Å². The van der Waals surface area contributed by atoms with E-state index in [1.54, 1.807) is 0 Å². The van der Waals surface area contributed by atoms with Gasteiger partial charge in [0.2, 0.25) is 0 Å². The maximum Gasteiger partial charge on any atom is 0.190 e. The number of thiol groups is 1. The van der Waals surface area contributed by atoms with Gasteiger partial charge in [-0.1, -0.05) is 0 Å². The minimum atomic E-state index is -0.651. The standard InChI is InChI=1S/C12H20O5S/c1-11(2)14-7-6(5-18)13-10-9(8(7)15-11)16-12(3,4)17-10/h6-10,18H,5H2,1-4H3/t6-,7+,8?,9-,10?/m1/s1. The molecule has 104 valence electrons. The van der Waals surface area contributed by atoms with Crippen LogP contribution in [-0.2, 0) is 23.7 Å². The Morgan fingerprint density at radius 3 is 2.06 bits per heavy atom. The van der Waals surface area contributed by atoms with E-state index in [1.807, 2.05) is 27.7 Å². The summed E-state index contributed by atoms with van der Waals surface area (Å²) < 4.78 is 29.3. The van der Waals surface area contributed by atoms with Crippen molar-refractivity contribution in [2.75, 3.05) is 5.75 Å². The monoisotopic (exact) mass is 276 g/mol. The molecule has 0 saturated carbocycles. The van der Waals surface area contributed by atoms with Gasteiger partial charge in [-0.25, -0.2) is 0 Å². The van der Waals surface area contributed by atoms with Crippen LogP contribution in [0.3, 0.4) is 0 Å². The Labute approximate surface area is 112 Å². The molecular formula is C12H20O5S. The van der Waals surface area contributed by atoms with Crippen molar-refractivity contribution in [3.05, 3.63) is 0 Å². The van der Waals surface area contributed by atoms with Crippen LogP contribution in [0.25, 0.3) is 0 Å². The van der Waals surface area contributed by atoms with Gasteiger partial charge in [0.25, 0.3) is 0 Å². The molecule has 0 aliphatic carbocycles. The van der Waals surface area contributed by atoms with E-state index in [1.165, 1.54) is 0 Å². The Bertz CT molecular complexity index is 345. The van der Waals surface area contributed by atoms with E-state index in [9.17, 15) is 0 Å². The van der Waals surface area contributed by atoms with Crippen molar-refractivity contribution in [1.82, 2.24) is 0 Å². The maximum absolute atomic E-state index is 5.95. The van der Waals surface area contributed by atoms with Crippen molar-refractivity contribution in [3.63, 3.8) is 0 Å². The zero-order valence-electron chi connectivity index (χ0n) is 11.1. The zero-order chi connectivity index (χ0) is 13.1. The van der Waals surface area contributed by atoms with Gasteiger partial charge in [-0.3, -0.25) is 0 Å². The second kappa shape index (κ2) is 4.07. The van der Waals surface area contributed by atoms with E-state index >= 15 is 0 Å². The SMILES string of the molecule is CC1(C)OC2O[C@H](CS)[C@@H]3OC(C)(C)OC3[C@H]2O1. The molecule has 3 heterocycles. The molecule has 3 rings (SSSR count). The third-order valence-electron chi connectivity index (χ3n) is 3.43. The van der Waals surface area contributed by atoms with Crippen LogP contribution in [0, 0.1) is 0 Å². The lowest BCUT2D eigenvalue weighted by Gasteiger charge is -2.36. The lowest BCUT2D eigenvalue weighted by Crippen LogP contribution is -2.55. The van der Waals surface area contributed by atoms with Gasteiger partial charge in [0.15, 0.2) is 17.9 Å². The molecule has 0 spiro atoms. The van der Waals surface area contributed by atoms with Crippen molar-refractivity contribution in [2.24, 2.45) is 0 Å². The average Bonchev–Trinajstić information content (AvgIpc) is 2.71. The first kappa shape index (κ1) is 13.1. The first-order valence-electron chi connectivity index (χ1n) is 6.29. The van der Waals surface area contributed by atoms with Gasteiger partial charge in [0.05, 0.1) is 6.10 Å². The summed E-state index contributed by atoms with van der Waals surface area (Å²) in [7, 11) is 0. The number of hydrogen-bond donors (Lipinski definition) is 1. The molecule has 0 aromatic rings. The highest BCUT2D eigenvalue weighted by molar-refractivity contribution is 7.80. The molecule has 0 aromatic carbocycles. The van der Waals surface area contributed by atoms with E-state index in [2.05, 4.69) is 12.6 Å². The Balaban J connectivity index is 1.86. The van der Waals surface area contributed by atoms with Gasteiger partial charge in [0, 0.05) is 5.75 Å². The Hall–Kier alpha value is 0.150. The summed E-state index contributed by atoms with van der Waals surface area (Å²) in [6, 6.07) is 0. The molecule has 3 aliphatic rings. The predicted octanol–water partition coefficient (Wildman–Crippen LogP) is 1.31. The fourth-order valence-electron chi connectivity index (χ4n) is 2.84. The molecular weight excluding hydrogens is 256 g/mol. The number of ether oxygens (including phenoxy) is 5. The molecule has 3 fully saturated rings. The summed E-state index contributed by atoms with van der Waals surface area (Å²) >= 11 is 4.32. The van der Waals surface area contributed by atoms with Crippen LogP contribution >= 0.6 is 12.6 Å². The van der Waals surface area contributed by atoms with Crippen molar-refractivity contribution in [1.29, 1.82) is 0 Å². The molecule has 3 aliphatic heterocycles. The molecule has 0 amide bonds. The average molecular weight is 276 g/mol. The van der Waals surface area contributed by atoms with Crippen molar-refractivity contribution in [2.45, 2.75) is 70.0 Å². The van der Waals surface area contributed by atoms with Crippen LogP contribution in [0.15, 0.2) is 0 Å². The third kappa shape index (κ3) is 2.09. The van der Waals surface area contributed by atoms with Crippen molar-refractivity contribution >= 4 is 12.6 Å². The quantitative estimate of drug-likeness (QED) is 0.732. The third-order valence-corrected chi connectivity index (χ3v) is 3.79. The van der Waals surface area contributed by atoms with Crippen LogP contribution in [0.1, 0.15) is 27.7 Å². The maximum atomic E-state index is 5.95. The predicted molar refractivity (Wildman–Crippen MR) is 66.4 cm³/mol. The topological polar surface area (TPSA) is 46.2 Å². The number of rotatable bonds is 1. The highest BCUT2D eigenvalue weighted by Gasteiger charge is 2.60. The van der Waals surface area contributed by atoms with Gasteiger partial charge < -0.3 is 23.7 Å². The minimum Gasteiger partial charge on any atom is -0.343 e. The van der Waals surface area contributed by atoms with Gasteiger partial charge >= 0.3 is 0 Å². The molecule has 2 unspecified atom stereocenters. The highest BCUT2D eigenvalue weighted by atomic mass is 32.1. The molecule has 0 bridgehead atoms. The lowest BCUT2D eigenvalue weighted by atomic mass is 10.00. The normalized spacial score (nSPS) is 48.8. The molecule has 5 atom stereocenters. The van der Waals surface area contributed by atoms with E-state index in [0.717, 1.165) is 0 Å². The van der Waals surface area contributed by atoms with Crippen molar-refractivity contribution < 1.29 is 23.7 Å². The fourth-order valence-corrected chi connectivity index (χ4v) is 3.13. The molecule has 6 heteroatoms. The zero-order valence-corrected chi connectivity index (χ0v) is 12.0. The first-order valence-corrected chi connectivity index (χ1v) is 6.92. The molecule has 5 nitrogen and oxygen atoms in total.